The first-order valence-electron chi connectivity index (χ1n) is 4.64. The highest BCUT2D eigenvalue weighted by atomic mass is 35.5. The van der Waals surface area contributed by atoms with Crippen LogP contribution in [0.25, 0.3) is 0 Å². The summed E-state index contributed by atoms with van der Waals surface area (Å²) in [4.78, 5) is 3.97. The molecule has 8 heteroatoms. The summed E-state index contributed by atoms with van der Waals surface area (Å²) >= 11 is 13.0. The summed E-state index contributed by atoms with van der Waals surface area (Å²) in [6, 6.07) is 4.29. The van der Waals surface area contributed by atoms with Gasteiger partial charge in [-0.15, -0.1) is 0 Å². The highest BCUT2D eigenvalue weighted by Crippen LogP contribution is 2.25. The Morgan fingerprint density at radius 2 is 2.12 bits per heavy atom. The number of nitrogens with one attached hydrogen (secondary N) is 1. The fraction of sp³-hybridized carbons (Fsp3) is 0.222. The van der Waals surface area contributed by atoms with Crippen LogP contribution in [0.4, 0.5) is 0 Å². The van der Waals surface area contributed by atoms with Gasteiger partial charge in [0.05, 0.1) is 11.6 Å². The van der Waals surface area contributed by atoms with Crippen molar-refractivity contribution in [2.45, 2.75) is 4.90 Å². The molecule has 1 aromatic carbocycles. The number of hydrogen-bond acceptors (Lipinski definition) is 4. The summed E-state index contributed by atoms with van der Waals surface area (Å²) in [5.41, 5.74) is 0. The van der Waals surface area contributed by atoms with Gasteiger partial charge in [0.25, 0.3) is 10.0 Å². The molecule has 2 rings (SSSR count). The normalized spacial score (nSPS) is 15.8. The third kappa shape index (κ3) is 3.07. The Hall–Kier alpha value is -0.430. The Kier molecular flexibility index (Phi) is 3.87. The zero-order valence-corrected chi connectivity index (χ0v) is 11.6. The number of amidine groups is 1. The molecule has 0 spiro atoms. The molecule has 0 aliphatic carbocycles. The Labute approximate surface area is 113 Å². The molecule has 0 aromatic heterocycles. The van der Waals surface area contributed by atoms with Gasteiger partial charge in [0.2, 0.25) is 0 Å². The van der Waals surface area contributed by atoms with Gasteiger partial charge in [0, 0.05) is 10.8 Å². The minimum atomic E-state index is -3.71. The van der Waals surface area contributed by atoms with Gasteiger partial charge >= 0.3 is 0 Å². The lowest BCUT2D eigenvalue weighted by Gasteiger charge is -2.08. The third-order valence-corrected chi connectivity index (χ3v) is 5.07. The lowest BCUT2D eigenvalue weighted by Crippen LogP contribution is -2.27. The number of halogens is 2. The van der Waals surface area contributed by atoms with Gasteiger partial charge in [-0.2, -0.15) is 0 Å². The summed E-state index contributed by atoms with van der Waals surface area (Å²) < 4.78 is 26.4. The van der Waals surface area contributed by atoms with E-state index in [2.05, 4.69) is 9.71 Å². The molecule has 0 amide bonds. The van der Waals surface area contributed by atoms with E-state index in [4.69, 9.17) is 23.2 Å². The molecule has 0 atom stereocenters. The number of benzene rings is 1. The molecule has 0 radical (unpaired) electrons. The molecule has 0 saturated heterocycles. The number of thioether (sulfide) groups is 1. The van der Waals surface area contributed by atoms with Gasteiger partial charge in [-0.25, -0.2) is 8.42 Å². The van der Waals surface area contributed by atoms with Crippen molar-refractivity contribution in [3.63, 3.8) is 0 Å². The third-order valence-electron chi connectivity index (χ3n) is 1.99. The molecule has 1 N–H and O–H groups in total. The van der Waals surface area contributed by atoms with Crippen LogP contribution in [0, 0.1) is 0 Å². The SMILES string of the molecule is O=S(=O)(NC1=NCCS1)c1cc(Cl)ccc1Cl. The Bertz CT molecular complexity index is 572. The van der Waals surface area contributed by atoms with Crippen molar-refractivity contribution < 1.29 is 8.42 Å². The van der Waals surface area contributed by atoms with E-state index < -0.39 is 10.0 Å². The maximum atomic E-state index is 12.0. The molecule has 1 aliphatic heterocycles. The standard InChI is InChI=1S/C9H8Cl2N2O2S2/c10-6-1-2-7(11)8(5-6)17(14,15)13-9-12-3-4-16-9/h1-2,5H,3-4H2,(H,12,13). The average Bonchev–Trinajstić information content (AvgIpc) is 2.73. The van der Waals surface area contributed by atoms with E-state index in [0.29, 0.717) is 16.7 Å². The van der Waals surface area contributed by atoms with Crippen LogP contribution >= 0.6 is 35.0 Å². The lowest BCUT2D eigenvalue weighted by atomic mass is 10.4. The first-order chi connectivity index (χ1) is 7.99. The molecule has 1 heterocycles. The lowest BCUT2D eigenvalue weighted by molar-refractivity contribution is 0.593. The van der Waals surface area contributed by atoms with E-state index in [0.717, 1.165) is 5.75 Å². The minimum absolute atomic E-state index is 0.0399. The van der Waals surface area contributed by atoms with Crippen LogP contribution < -0.4 is 4.72 Å². The van der Waals surface area contributed by atoms with Gasteiger partial charge in [0.15, 0.2) is 5.17 Å². The molecule has 17 heavy (non-hydrogen) atoms. The quantitative estimate of drug-likeness (QED) is 0.912. The summed E-state index contributed by atoms with van der Waals surface area (Å²) in [5.74, 6) is 0.779. The molecule has 92 valence electrons. The van der Waals surface area contributed by atoms with E-state index in [1.807, 2.05) is 0 Å². The number of sulfonamides is 1. The second-order valence-corrected chi connectivity index (χ2v) is 6.79. The van der Waals surface area contributed by atoms with Crippen LogP contribution in [-0.4, -0.2) is 25.9 Å². The van der Waals surface area contributed by atoms with E-state index in [-0.39, 0.29) is 9.92 Å². The molecular formula is C9H8Cl2N2O2S2. The number of rotatable bonds is 2. The smallest absolute Gasteiger partial charge is 0.261 e. The van der Waals surface area contributed by atoms with Gasteiger partial charge in [-0.05, 0) is 18.2 Å². The molecule has 0 saturated carbocycles. The molecule has 1 aromatic rings. The highest BCUT2D eigenvalue weighted by molar-refractivity contribution is 8.15. The summed E-state index contributed by atoms with van der Waals surface area (Å²) in [7, 11) is -3.71. The molecule has 0 unspecified atom stereocenters. The Morgan fingerprint density at radius 1 is 1.35 bits per heavy atom. The van der Waals surface area contributed by atoms with Gasteiger partial charge in [0.1, 0.15) is 4.90 Å². The minimum Gasteiger partial charge on any atom is -0.261 e. The second kappa shape index (κ2) is 5.06. The molecule has 1 aliphatic rings. The van der Waals surface area contributed by atoms with Gasteiger partial charge in [-0.1, -0.05) is 35.0 Å². The second-order valence-electron chi connectivity index (χ2n) is 3.22. The summed E-state index contributed by atoms with van der Waals surface area (Å²) in [6.07, 6.45) is 0. The fourth-order valence-corrected chi connectivity index (χ4v) is 4.04. The van der Waals surface area contributed by atoms with Crippen LogP contribution in [0.15, 0.2) is 28.1 Å². The van der Waals surface area contributed by atoms with Crippen LogP contribution in [0.3, 0.4) is 0 Å². The van der Waals surface area contributed by atoms with Crippen molar-refractivity contribution in [1.82, 2.24) is 4.72 Å². The fourth-order valence-electron chi connectivity index (χ4n) is 1.25. The molecule has 0 bridgehead atoms. The maximum Gasteiger partial charge on any atom is 0.264 e. The summed E-state index contributed by atoms with van der Waals surface area (Å²) in [6.45, 7) is 0.617. The first kappa shape index (κ1) is 13.0. The number of nitrogens with zero attached hydrogens (tertiary/aromatic N) is 1. The largest absolute Gasteiger partial charge is 0.264 e. The van der Waals surface area contributed by atoms with Crippen molar-refractivity contribution in [2.75, 3.05) is 12.3 Å². The van der Waals surface area contributed by atoms with E-state index >= 15 is 0 Å². The average molecular weight is 311 g/mol. The topological polar surface area (TPSA) is 58.5 Å². The van der Waals surface area contributed by atoms with Crippen molar-refractivity contribution in [2.24, 2.45) is 4.99 Å². The Balaban J connectivity index is 2.34. The predicted octanol–water partition coefficient (Wildman–Crippen LogP) is 2.37. The monoisotopic (exact) mass is 310 g/mol. The van der Waals surface area contributed by atoms with E-state index in [9.17, 15) is 8.42 Å². The molecule has 4 nitrogen and oxygen atoms in total. The molecular weight excluding hydrogens is 303 g/mol. The van der Waals surface area contributed by atoms with Gasteiger partial charge < -0.3 is 0 Å². The summed E-state index contributed by atoms with van der Waals surface area (Å²) in [5, 5.41) is 0.835. The van der Waals surface area contributed by atoms with Crippen LogP contribution in [0.2, 0.25) is 10.0 Å². The maximum absolute atomic E-state index is 12.0. The van der Waals surface area contributed by atoms with E-state index in [1.165, 1.54) is 30.0 Å². The van der Waals surface area contributed by atoms with Crippen molar-refractivity contribution in [3.8, 4) is 0 Å². The van der Waals surface area contributed by atoms with Crippen molar-refractivity contribution in [1.29, 1.82) is 0 Å². The zero-order chi connectivity index (χ0) is 12.5. The highest BCUT2D eigenvalue weighted by Gasteiger charge is 2.21. The Morgan fingerprint density at radius 3 is 2.76 bits per heavy atom. The van der Waals surface area contributed by atoms with Gasteiger partial charge in [-0.3, -0.25) is 9.71 Å². The molecule has 0 fully saturated rings. The van der Waals surface area contributed by atoms with E-state index in [1.54, 1.807) is 0 Å². The zero-order valence-electron chi connectivity index (χ0n) is 8.48. The number of aliphatic imine (C=N–C) groups is 1. The predicted molar refractivity (Wildman–Crippen MR) is 71.5 cm³/mol. The van der Waals surface area contributed by atoms with Crippen LogP contribution in [0.5, 0.6) is 0 Å². The van der Waals surface area contributed by atoms with Crippen LogP contribution in [0.1, 0.15) is 0 Å². The van der Waals surface area contributed by atoms with Crippen LogP contribution in [-0.2, 0) is 10.0 Å². The van der Waals surface area contributed by atoms with Crippen molar-refractivity contribution >= 4 is 50.2 Å². The number of hydrogen-bond donors (Lipinski definition) is 1. The van der Waals surface area contributed by atoms with Crippen molar-refractivity contribution in [3.05, 3.63) is 28.2 Å². The first-order valence-corrected chi connectivity index (χ1v) is 7.86.